The Balaban J connectivity index is 1.32. The van der Waals surface area contributed by atoms with Crippen LogP contribution in [0.15, 0.2) is 12.7 Å². The second kappa shape index (κ2) is 7.32. The van der Waals surface area contributed by atoms with Crippen LogP contribution in [0.1, 0.15) is 25.7 Å². The molecule has 2 aliphatic heterocycles. The van der Waals surface area contributed by atoms with Crippen LogP contribution < -0.4 is 5.32 Å². The summed E-state index contributed by atoms with van der Waals surface area (Å²) >= 11 is 0. The first kappa shape index (κ1) is 16.9. The maximum absolute atomic E-state index is 11.3. The first-order chi connectivity index (χ1) is 11.1. The number of amides is 1. The van der Waals surface area contributed by atoms with E-state index in [1.54, 1.807) is 0 Å². The minimum absolute atomic E-state index is 0.0190. The van der Waals surface area contributed by atoms with Crippen molar-refractivity contribution in [3.8, 4) is 0 Å². The lowest BCUT2D eigenvalue weighted by atomic mass is 9.60. The minimum atomic E-state index is -0.0190. The Bertz CT molecular complexity index is 415. The number of nitrogens with zero attached hydrogens (tertiary/aromatic N) is 3. The van der Waals surface area contributed by atoms with E-state index < -0.39 is 0 Å². The number of likely N-dealkylation sites (tertiary alicyclic amines) is 1. The van der Waals surface area contributed by atoms with Crippen LogP contribution in [0.5, 0.6) is 0 Å². The van der Waals surface area contributed by atoms with Gasteiger partial charge in [0.2, 0.25) is 5.91 Å². The van der Waals surface area contributed by atoms with Crippen molar-refractivity contribution >= 4 is 5.91 Å². The Hall–Kier alpha value is -0.910. The van der Waals surface area contributed by atoms with Gasteiger partial charge in [-0.15, -0.1) is 0 Å². The molecule has 0 aromatic rings. The van der Waals surface area contributed by atoms with Crippen LogP contribution in [0.3, 0.4) is 0 Å². The van der Waals surface area contributed by atoms with Gasteiger partial charge < -0.3 is 15.1 Å². The van der Waals surface area contributed by atoms with Crippen LogP contribution in [0.4, 0.5) is 0 Å². The second-order valence-corrected chi connectivity index (χ2v) is 7.80. The lowest BCUT2D eigenvalue weighted by Crippen LogP contribution is -2.55. The number of likely N-dealkylation sites (N-methyl/N-ethyl adjacent to an activating group) is 1. The maximum Gasteiger partial charge on any atom is 0.243 e. The van der Waals surface area contributed by atoms with Crippen molar-refractivity contribution in [2.24, 2.45) is 5.41 Å². The van der Waals surface area contributed by atoms with E-state index in [0.29, 0.717) is 11.5 Å². The van der Waals surface area contributed by atoms with E-state index in [1.807, 2.05) is 0 Å². The number of hydrogen-bond acceptors (Lipinski definition) is 4. The molecule has 3 aliphatic rings. The molecule has 1 N–H and O–H groups in total. The zero-order chi connectivity index (χ0) is 16.3. The van der Waals surface area contributed by atoms with E-state index in [0.717, 1.165) is 0 Å². The number of piperazine rings is 1. The van der Waals surface area contributed by atoms with Crippen molar-refractivity contribution in [2.45, 2.75) is 31.7 Å². The van der Waals surface area contributed by atoms with Gasteiger partial charge >= 0.3 is 0 Å². The molecule has 0 radical (unpaired) electrons. The largest absolute Gasteiger partial charge is 0.350 e. The lowest BCUT2D eigenvalue weighted by Gasteiger charge is -2.52. The molecule has 1 saturated carbocycles. The quantitative estimate of drug-likeness (QED) is 0.760. The summed E-state index contributed by atoms with van der Waals surface area (Å²) in [6.07, 6.45) is 6.32. The summed E-state index contributed by atoms with van der Waals surface area (Å²) in [5.74, 6) is -0.0190. The Morgan fingerprint density at radius 3 is 2.22 bits per heavy atom. The van der Waals surface area contributed by atoms with Crippen LogP contribution in [0.2, 0.25) is 0 Å². The molecule has 1 aliphatic carbocycles. The summed E-state index contributed by atoms with van der Waals surface area (Å²) in [6.45, 7) is 13.3. The fourth-order valence-electron chi connectivity index (χ4n) is 4.36. The predicted octanol–water partition coefficient (Wildman–Crippen LogP) is 0.781. The molecular weight excluding hydrogens is 288 g/mol. The normalized spacial score (nSPS) is 26.8. The Morgan fingerprint density at radius 1 is 1.09 bits per heavy atom. The number of carbonyl (C=O) groups excluding carboxylic acids is 1. The Morgan fingerprint density at radius 2 is 1.65 bits per heavy atom. The molecule has 0 unspecified atom stereocenters. The average molecular weight is 320 g/mol. The van der Waals surface area contributed by atoms with E-state index in [-0.39, 0.29) is 5.91 Å². The van der Waals surface area contributed by atoms with Gasteiger partial charge in [0, 0.05) is 45.3 Å². The van der Waals surface area contributed by atoms with Gasteiger partial charge in [0.05, 0.1) is 0 Å². The SMILES string of the molecule is C=CC(=O)NC1CC2(CCN(CCN3CCN(C)CC3)CC2)C1. The number of rotatable bonds is 5. The molecule has 130 valence electrons. The van der Waals surface area contributed by atoms with Gasteiger partial charge in [0.15, 0.2) is 0 Å². The van der Waals surface area contributed by atoms with Gasteiger partial charge in [0.1, 0.15) is 0 Å². The van der Waals surface area contributed by atoms with E-state index in [4.69, 9.17) is 0 Å². The summed E-state index contributed by atoms with van der Waals surface area (Å²) < 4.78 is 0. The van der Waals surface area contributed by atoms with E-state index in [9.17, 15) is 4.79 Å². The van der Waals surface area contributed by atoms with Crippen molar-refractivity contribution in [3.63, 3.8) is 0 Å². The van der Waals surface area contributed by atoms with Crippen LogP contribution in [-0.4, -0.2) is 86.1 Å². The van der Waals surface area contributed by atoms with E-state index in [2.05, 4.69) is 33.6 Å². The van der Waals surface area contributed by atoms with Gasteiger partial charge in [-0.2, -0.15) is 0 Å². The molecule has 3 fully saturated rings. The Kier molecular flexibility index (Phi) is 5.39. The first-order valence-corrected chi connectivity index (χ1v) is 9.15. The third-order valence-corrected chi connectivity index (χ3v) is 6.14. The fraction of sp³-hybridized carbons (Fsp3) is 0.833. The van der Waals surface area contributed by atoms with Crippen molar-refractivity contribution < 1.29 is 4.79 Å². The topological polar surface area (TPSA) is 38.8 Å². The highest BCUT2D eigenvalue weighted by Gasteiger charge is 2.45. The zero-order valence-electron chi connectivity index (χ0n) is 14.6. The third-order valence-electron chi connectivity index (χ3n) is 6.14. The first-order valence-electron chi connectivity index (χ1n) is 9.15. The fourth-order valence-corrected chi connectivity index (χ4v) is 4.36. The highest BCUT2D eigenvalue weighted by atomic mass is 16.1. The number of carbonyl (C=O) groups is 1. The summed E-state index contributed by atoms with van der Waals surface area (Å²) in [4.78, 5) is 19.0. The third kappa shape index (κ3) is 4.34. The Labute approximate surface area is 140 Å². The zero-order valence-corrected chi connectivity index (χ0v) is 14.6. The van der Waals surface area contributed by atoms with Gasteiger partial charge in [-0.1, -0.05) is 6.58 Å². The van der Waals surface area contributed by atoms with Crippen LogP contribution in [0, 0.1) is 5.41 Å². The standard InChI is InChI=1S/C18H32N4O/c1-3-17(23)19-16-14-18(15-16)4-6-21(7-5-18)12-13-22-10-8-20(2)9-11-22/h3,16H,1,4-15H2,2H3,(H,19,23). The number of hydrogen-bond donors (Lipinski definition) is 1. The molecule has 5 heteroatoms. The van der Waals surface area contributed by atoms with Crippen LogP contribution in [0.25, 0.3) is 0 Å². The van der Waals surface area contributed by atoms with Gasteiger partial charge in [-0.3, -0.25) is 9.69 Å². The lowest BCUT2D eigenvalue weighted by molar-refractivity contribution is -0.119. The van der Waals surface area contributed by atoms with Crippen LogP contribution >= 0.6 is 0 Å². The van der Waals surface area contributed by atoms with Crippen molar-refractivity contribution in [3.05, 3.63) is 12.7 Å². The maximum atomic E-state index is 11.3. The number of nitrogens with one attached hydrogen (secondary N) is 1. The molecule has 0 aromatic carbocycles. The van der Waals surface area contributed by atoms with Gasteiger partial charge in [0.25, 0.3) is 0 Å². The average Bonchev–Trinajstić information content (AvgIpc) is 2.54. The molecular formula is C18H32N4O. The van der Waals surface area contributed by atoms with E-state index in [1.165, 1.54) is 84.1 Å². The molecule has 23 heavy (non-hydrogen) atoms. The highest BCUT2D eigenvalue weighted by molar-refractivity contribution is 5.87. The number of piperidine rings is 1. The summed E-state index contributed by atoms with van der Waals surface area (Å²) in [6, 6.07) is 0.386. The molecule has 0 aromatic heterocycles. The smallest absolute Gasteiger partial charge is 0.243 e. The molecule has 5 nitrogen and oxygen atoms in total. The molecule has 0 atom stereocenters. The second-order valence-electron chi connectivity index (χ2n) is 7.80. The molecule has 1 spiro atoms. The monoisotopic (exact) mass is 320 g/mol. The molecule has 3 rings (SSSR count). The van der Waals surface area contributed by atoms with Crippen molar-refractivity contribution in [1.82, 2.24) is 20.0 Å². The van der Waals surface area contributed by atoms with Crippen molar-refractivity contribution in [1.29, 1.82) is 0 Å². The van der Waals surface area contributed by atoms with E-state index >= 15 is 0 Å². The summed E-state index contributed by atoms with van der Waals surface area (Å²) in [5.41, 5.74) is 0.517. The molecule has 0 bridgehead atoms. The minimum Gasteiger partial charge on any atom is -0.350 e. The van der Waals surface area contributed by atoms with Crippen LogP contribution in [-0.2, 0) is 4.79 Å². The molecule has 2 saturated heterocycles. The van der Waals surface area contributed by atoms with Gasteiger partial charge in [-0.25, -0.2) is 0 Å². The van der Waals surface area contributed by atoms with Gasteiger partial charge in [-0.05, 0) is 57.3 Å². The van der Waals surface area contributed by atoms with Crippen molar-refractivity contribution in [2.75, 3.05) is 59.4 Å². The summed E-state index contributed by atoms with van der Waals surface area (Å²) in [7, 11) is 2.21. The molecule has 2 heterocycles. The summed E-state index contributed by atoms with van der Waals surface area (Å²) in [5, 5.41) is 3.04. The molecule has 1 amide bonds. The highest BCUT2D eigenvalue weighted by Crippen LogP contribution is 2.49. The predicted molar refractivity (Wildman–Crippen MR) is 93.4 cm³/mol.